The van der Waals surface area contributed by atoms with Gasteiger partial charge >= 0.3 is 0 Å². The molecule has 2 amide bonds. The molecular formula is C23H20ClN3O3. The lowest BCUT2D eigenvalue weighted by molar-refractivity contribution is -0.126. The first-order valence-electron chi connectivity index (χ1n) is 9.23. The zero-order valence-electron chi connectivity index (χ0n) is 16.0. The standard InChI is InChI=1S/C23H20ClN3O3/c24-19-10-6-11-20(13-19)26-22(28)14-23(29)27-25-15-18-9-4-5-12-21(18)30-16-17-7-2-1-3-8-17/h1-13,15H,14,16H2,(H,26,28)(H,27,29)/b25-15-. The highest BCUT2D eigenvalue weighted by atomic mass is 35.5. The molecule has 30 heavy (non-hydrogen) atoms. The number of hydrazone groups is 1. The van der Waals surface area contributed by atoms with E-state index >= 15 is 0 Å². The Hall–Kier alpha value is -3.64. The van der Waals surface area contributed by atoms with Gasteiger partial charge in [-0.05, 0) is 35.9 Å². The van der Waals surface area contributed by atoms with Crippen LogP contribution >= 0.6 is 11.6 Å². The summed E-state index contributed by atoms with van der Waals surface area (Å²) in [6.45, 7) is 0.418. The van der Waals surface area contributed by atoms with Crippen LogP contribution in [0.1, 0.15) is 17.5 Å². The second-order valence-corrected chi connectivity index (χ2v) is 6.78. The minimum atomic E-state index is -0.534. The summed E-state index contributed by atoms with van der Waals surface area (Å²) < 4.78 is 5.84. The molecule has 3 rings (SSSR count). The Morgan fingerprint density at radius 3 is 2.50 bits per heavy atom. The van der Waals surface area contributed by atoms with Crippen molar-refractivity contribution in [3.8, 4) is 5.75 Å². The maximum absolute atomic E-state index is 12.0. The Kier molecular flexibility index (Phi) is 7.58. The number of amides is 2. The fourth-order valence-electron chi connectivity index (χ4n) is 2.58. The van der Waals surface area contributed by atoms with Gasteiger partial charge in [0.25, 0.3) is 0 Å². The number of hydrogen-bond donors (Lipinski definition) is 2. The van der Waals surface area contributed by atoms with E-state index in [4.69, 9.17) is 16.3 Å². The molecule has 0 heterocycles. The fourth-order valence-corrected chi connectivity index (χ4v) is 2.77. The first kappa shape index (κ1) is 21.1. The number of para-hydroxylation sites is 1. The third kappa shape index (κ3) is 6.76. The minimum Gasteiger partial charge on any atom is -0.488 e. The SMILES string of the molecule is O=C(CC(=O)Nc1cccc(Cl)c1)N/N=C\c1ccccc1OCc1ccccc1. The van der Waals surface area contributed by atoms with Crippen molar-refractivity contribution in [2.75, 3.05) is 5.32 Å². The van der Waals surface area contributed by atoms with E-state index in [0.29, 0.717) is 28.6 Å². The van der Waals surface area contributed by atoms with E-state index in [9.17, 15) is 9.59 Å². The highest BCUT2D eigenvalue weighted by Gasteiger charge is 2.09. The predicted molar refractivity (Wildman–Crippen MR) is 118 cm³/mol. The van der Waals surface area contributed by atoms with Crippen LogP contribution in [0.3, 0.4) is 0 Å². The lowest BCUT2D eigenvalue weighted by Gasteiger charge is -2.09. The average molecular weight is 422 g/mol. The van der Waals surface area contributed by atoms with Gasteiger partial charge in [-0.2, -0.15) is 5.10 Å². The van der Waals surface area contributed by atoms with Gasteiger partial charge in [0, 0.05) is 16.3 Å². The Balaban J connectivity index is 1.51. The molecule has 152 valence electrons. The molecule has 0 aliphatic carbocycles. The normalized spacial score (nSPS) is 10.6. The van der Waals surface area contributed by atoms with Crippen molar-refractivity contribution >= 4 is 35.3 Å². The van der Waals surface area contributed by atoms with Crippen LogP contribution in [0.25, 0.3) is 0 Å². The molecule has 0 bridgehead atoms. The molecule has 2 N–H and O–H groups in total. The molecule has 3 aromatic carbocycles. The highest BCUT2D eigenvalue weighted by molar-refractivity contribution is 6.30. The topological polar surface area (TPSA) is 79.8 Å². The average Bonchev–Trinajstić information content (AvgIpc) is 2.73. The quantitative estimate of drug-likeness (QED) is 0.321. The van der Waals surface area contributed by atoms with Crippen molar-refractivity contribution in [3.63, 3.8) is 0 Å². The molecule has 0 aliphatic rings. The molecule has 0 saturated carbocycles. The van der Waals surface area contributed by atoms with Crippen LogP contribution in [0, 0.1) is 0 Å². The molecule has 3 aromatic rings. The largest absolute Gasteiger partial charge is 0.488 e. The van der Waals surface area contributed by atoms with E-state index in [1.54, 1.807) is 24.3 Å². The van der Waals surface area contributed by atoms with E-state index in [-0.39, 0.29) is 6.42 Å². The maximum Gasteiger partial charge on any atom is 0.249 e. The van der Waals surface area contributed by atoms with E-state index in [2.05, 4.69) is 15.8 Å². The first-order valence-corrected chi connectivity index (χ1v) is 9.61. The number of halogens is 1. The van der Waals surface area contributed by atoms with Gasteiger partial charge in [-0.3, -0.25) is 9.59 Å². The van der Waals surface area contributed by atoms with Crippen LogP contribution in [-0.4, -0.2) is 18.0 Å². The van der Waals surface area contributed by atoms with Gasteiger partial charge in [-0.25, -0.2) is 5.43 Å². The van der Waals surface area contributed by atoms with Crippen molar-refractivity contribution < 1.29 is 14.3 Å². The van der Waals surface area contributed by atoms with Crippen molar-refractivity contribution in [3.05, 3.63) is 95.0 Å². The molecule has 0 spiro atoms. The molecule has 0 unspecified atom stereocenters. The number of hydrogen-bond acceptors (Lipinski definition) is 4. The zero-order valence-corrected chi connectivity index (χ0v) is 16.8. The smallest absolute Gasteiger partial charge is 0.249 e. The Morgan fingerprint density at radius 1 is 0.933 bits per heavy atom. The highest BCUT2D eigenvalue weighted by Crippen LogP contribution is 2.18. The van der Waals surface area contributed by atoms with Crippen LogP contribution in [0.5, 0.6) is 5.75 Å². The molecule has 6 nitrogen and oxygen atoms in total. The molecular weight excluding hydrogens is 402 g/mol. The molecule has 7 heteroatoms. The number of nitrogens with zero attached hydrogens (tertiary/aromatic N) is 1. The molecule has 0 aliphatic heterocycles. The summed E-state index contributed by atoms with van der Waals surface area (Å²) in [6, 6.07) is 23.8. The van der Waals surface area contributed by atoms with Crippen molar-refractivity contribution in [1.82, 2.24) is 5.43 Å². The van der Waals surface area contributed by atoms with E-state index in [0.717, 1.165) is 5.56 Å². The second kappa shape index (κ2) is 10.8. The Bertz CT molecular complexity index is 1040. The summed E-state index contributed by atoms with van der Waals surface area (Å²) in [4.78, 5) is 23.9. The summed E-state index contributed by atoms with van der Waals surface area (Å²) in [7, 11) is 0. The third-order valence-electron chi connectivity index (χ3n) is 3.98. The van der Waals surface area contributed by atoms with E-state index in [1.165, 1.54) is 6.21 Å². The molecule has 0 aromatic heterocycles. The summed E-state index contributed by atoms with van der Waals surface area (Å²) in [6.07, 6.45) is 1.11. The van der Waals surface area contributed by atoms with E-state index in [1.807, 2.05) is 54.6 Å². The van der Waals surface area contributed by atoms with Gasteiger partial charge in [0.05, 0.1) is 6.21 Å². The minimum absolute atomic E-state index is 0.365. The number of carbonyl (C=O) groups is 2. The monoisotopic (exact) mass is 421 g/mol. The Labute approximate surface area is 179 Å². The van der Waals surface area contributed by atoms with Gasteiger partial charge < -0.3 is 10.1 Å². The number of benzene rings is 3. The lowest BCUT2D eigenvalue weighted by Crippen LogP contribution is -2.24. The van der Waals surface area contributed by atoms with Gasteiger partial charge in [0.15, 0.2) is 0 Å². The number of nitrogens with one attached hydrogen (secondary N) is 2. The van der Waals surface area contributed by atoms with E-state index < -0.39 is 11.8 Å². The Morgan fingerprint density at radius 2 is 1.70 bits per heavy atom. The van der Waals surface area contributed by atoms with Gasteiger partial charge in [-0.15, -0.1) is 0 Å². The van der Waals surface area contributed by atoms with Gasteiger partial charge in [0.2, 0.25) is 11.8 Å². The number of anilines is 1. The van der Waals surface area contributed by atoms with Crippen LogP contribution < -0.4 is 15.5 Å². The first-order chi connectivity index (χ1) is 14.6. The van der Waals surface area contributed by atoms with Crippen molar-refractivity contribution in [2.24, 2.45) is 5.10 Å². The number of carbonyl (C=O) groups excluding carboxylic acids is 2. The van der Waals surface area contributed by atoms with Crippen LogP contribution in [0.4, 0.5) is 5.69 Å². The lowest BCUT2D eigenvalue weighted by atomic mass is 10.2. The predicted octanol–water partition coefficient (Wildman–Crippen LogP) is 4.40. The summed E-state index contributed by atoms with van der Waals surface area (Å²) in [5.41, 5.74) is 4.62. The fraction of sp³-hybridized carbons (Fsp3) is 0.0870. The zero-order chi connectivity index (χ0) is 21.2. The third-order valence-corrected chi connectivity index (χ3v) is 4.21. The van der Waals surface area contributed by atoms with Gasteiger partial charge in [0.1, 0.15) is 18.8 Å². The number of ether oxygens (including phenoxy) is 1. The molecule has 0 fully saturated rings. The summed E-state index contributed by atoms with van der Waals surface area (Å²) in [5, 5.41) is 7.03. The molecule has 0 saturated heterocycles. The second-order valence-electron chi connectivity index (χ2n) is 6.34. The van der Waals surface area contributed by atoms with Crippen LogP contribution in [0.15, 0.2) is 84.0 Å². The number of rotatable bonds is 8. The summed E-state index contributed by atoms with van der Waals surface area (Å²) >= 11 is 5.87. The van der Waals surface area contributed by atoms with Crippen LogP contribution in [-0.2, 0) is 16.2 Å². The maximum atomic E-state index is 12.0. The van der Waals surface area contributed by atoms with Crippen molar-refractivity contribution in [2.45, 2.75) is 13.0 Å². The molecule has 0 radical (unpaired) electrons. The molecule has 0 atom stereocenters. The summed E-state index contributed by atoms with van der Waals surface area (Å²) in [5.74, 6) is -0.358. The van der Waals surface area contributed by atoms with Crippen molar-refractivity contribution in [1.29, 1.82) is 0 Å². The van der Waals surface area contributed by atoms with Crippen LogP contribution in [0.2, 0.25) is 5.02 Å². The van der Waals surface area contributed by atoms with Gasteiger partial charge in [-0.1, -0.05) is 60.1 Å².